The number of aliphatic hydroxyl groups is 2. The monoisotopic (exact) mass is 691 g/mol. The molecule has 3 aliphatic heterocycles. The molecular weight excluding hydrogens is 646 g/mol. The molecule has 5 rings (SSSR count). The van der Waals surface area contributed by atoms with Gasteiger partial charge in [0.2, 0.25) is 22.7 Å². The Morgan fingerprint density at radius 1 is 1.10 bits per heavy atom. The Morgan fingerprint density at radius 3 is 2.65 bits per heavy atom. The van der Waals surface area contributed by atoms with Crippen LogP contribution in [0.2, 0.25) is 0 Å². The predicted octanol–water partition coefficient (Wildman–Crippen LogP) is 1.78. The molecule has 3 aliphatic rings. The minimum Gasteiger partial charge on any atom is -0.454 e. The Balaban J connectivity index is 1.35. The van der Waals surface area contributed by atoms with Gasteiger partial charge in [0.05, 0.1) is 36.2 Å². The van der Waals surface area contributed by atoms with E-state index in [1.54, 1.807) is 0 Å². The highest BCUT2D eigenvalue weighted by Gasteiger charge is 2.44. The molecule has 0 aromatic heterocycles. The van der Waals surface area contributed by atoms with E-state index >= 15 is 0 Å². The Labute approximate surface area is 280 Å². The number of benzene rings is 2. The summed E-state index contributed by atoms with van der Waals surface area (Å²) in [7, 11) is -4.20. The fraction of sp³-hybridized carbons (Fsp3) is 0.576. The molecular formula is C33H45N3O11S. The summed E-state index contributed by atoms with van der Waals surface area (Å²) in [5.74, 6) is 0.164. The molecule has 2 aromatic rings. The maximum Gasteiger partial charge on any atom is 0.407 e. The van der Waals surface area contributed by atoms with E-state index < -0.39 is 58.6 Å². The maximum atomic E-state index is 14.2. The van der Waals surface area contributed by atoms with Crippen LogP contribution < -0.4 is 20.1 Å². The molecule has 3 heterocycles. The van der Waals surface area contributed by atoms with Crippen molar-refractivity contribution in [3.05, 3.63) is 54.1 Å². The van der Waals surface area contributed by atoms with Gasteiger partial charge in [-0.25, -0.2) is 13.2 Å². The van der Waals surface area contributed by atoms with E-state index in [2.05, 4.69) is 10.6 Å². The number of nitrogens with zero attached hydrogens (tertiary/aromatic N) is 1. The lowest BCUT2D eigenvalue weighted by Gasteiger charge is -2.35. The van der Waals surface area contributed by atoms with Crippen LogP contribution in [0.25, 0.3) is 0 Å². The molecule has 0 radical (unpaired) electrons. The van der Waals surface area contributed by atoms with E-state index in [9.17, 15) is 23.1 Å². The second-order valence-electron chi connectivity index (χ2n) is 13.1. The van der Waals surface area contributed by atoms with Crippen molar-refractivity contribution in [1.29, 1.82) is 0 Å². The molecule has 4 N–H and O–H groups in total. The number of rotatable bonds is 16. The first-order chi connectivity index (χ1) is 22.9. The first kappa shape index (κ1) is 35.8. The number of fused-ring (bicyclic) bond motifs is 2. The van der Waals surface area contributed by atoms with Gasteiger partial charge in [0.15, 0.2) is 17.8 Å². The van der Waals surface area contributed by atoms with Gasteiger partial charge >= 0.3 is 6.09 Å². The van der Waals surface area contributed by atoms with E-state index in [1.807, 2.05) is 44.2 Å². The second-order valence-corrected chi connectivity index (χ2v) is 15.0. The molecule has 0 spiro atoms. The number of amides is 2. The Kier molecular flexibility index (Phi) is 11.8. The van der Waals surface area contributed by atoms with Gasteiger partial charge in [-0.1, -0.05) is 44.2 Å². The maximum absolute atomic E-state index is 14.2. The van der Waals surface area contributed by atoms with Crippen LogP contribution in [0.1, 0.15) is 38.7 Å². The van der Waals surface area contributed by atoms with Crippen LogP contribution in [0, 0.1) is 11.3 Å². The van der Waals surface area contributed by atoms with E-state index in [-0.39, 0.29) is 43.7 Å². The summed E-state index contributed by atoms with van der Waals surface area (Å²) >= 11 is 0. The van der Waals surface area contributed by atoms with Crippen LogP contribution in [0.15, 0.2) is 53.4 Å². The zero-order chi connectivity index (χ0) is 34.3. The Morgan fingerprint density at radius 2 is 1.88 bits per heavy atom. The summed E-state index contributed by atoms with van der Waals surface area (Å²) < 4.78 is 57.3. The molecule has 14 nitrogen and oxygen atoms in total. The number of aliphatic hydroxyl groups excluding tert-OH is 2. The van der Waals surface area contributed by atoms with Crippen LogP contribution in [0.4, 0.5) is 4.79 Å². The third kappa shape index (κ3) is 9.15. The number of sulfonamides is 1. The first-order valence-electron chi connectivity index (χ1n) is 16.1. The van der Waals surface area contributed by atoms with Gasteiger partial charge in [-0.15, -0.1) is 0 Å². The van der Waals surface area contributed by atoms with Crippen molar-refractivity contribution < 1.29 is 51.9 Å². The van der Waals surface area contributed by atoms with Gasteiger partial charge in [0.25, 0.3) is 0 Å². The molecule has 0 bridgehead atoms. The molecule has 4 unspecified atom stereocenters. The van der Waals surface area contributed by atoms with E-state index in [0.717, 1.165) is 5.56 Å². The molecule has 48 heavy (non-hydrogen) atoms. The smallest absolute Gasteiger partial charge is 0.407 e. The van der Waals surface area contributed by atoms with Gasteiger partial charge in [-0.2, -0.15) is 4.31 Å². The van der Waals surface area contributed by atoms with Crippen molar-refractivity contribution in [2.24, 2.45) is 11.3 Å². The van der Waals surface area contributed by atoms with Crippen LogP contribution >= 0.6 is 0 Å². The number of carbonyl (C=O) groups excluding carboxylic acids is 2. The average molecular weight is 692 g/mol. The van der Waals surface area contributed by atoms with Crippen LogP contribution in [0.3, 0.4) is 0 Å². The molecule has 0 saturated carbocycles. The van der Waals surface area contributed by atoms with Crippen LogP contribution in [0.5, 0.6) is 11.5 Å². The number of nitrogens with one attached hydrogen (secondary N) is 2. The average Bonchev–Trinajstić information content (AvgIpc) is 3.81. The van der Waals surface area contributed by atoms with E-state index in [1.165, 1.54) is 22.5 Å². The SMILES string of the molecule is CC(C)(CCCNC(=O)CO)CN(CC(O)[C@H](Cc1ccccc1)NC(=O)OC1COC2OCCC12)S(=O)(=O)c1ccc2c(c1)OCO2. The quantitative estimate of drug-likeness (QED) is 0.188. The van der Waals surface area contributed by atoms with Gasteiger partial charge in [-0.05, 0) is 48.8 Å². The Bertz CT molecular complexity index is 1510. The van der Waals surface area contributed by atoms with Gasteiger partial charge in [0, 0.05) is 25.7 Å². The molecule has 5 atom stereocenters. The zero-order valence-electron chi connectivity index (χ0n) is 27.2. The van der Waals surface area contributed by atoms with Crippen molar-refractivity contribution in [2.45, 2.75) is 69.0 Å². The Hall–Kier alpha value is -3.47. The summed E-state index contributed by atoms with van der Waals surface area (Å²) in [6.45, 7) is 3.87. The number of alkyl carbamates (subject to hydrolysis) is 1. The summed E-state index contributed by atoms with van der Waals surface area (Å²) in [4.78, 5) is 24.6. The lowest BCUT2D eigenvalue weighted by molar-refractivity contribution is -0.123. The molecule has 0 aliphatic carbocycles. The standard InChI is InChI=1S/C33H45N3O11S/c1-33(2,12-6-13-34-30(39)18-37)20-36(48(41,42)23-9-10-27-28(16-23)46-21-45-27)17-26(38)25(15-22-7-4-3-5-8-22)35-32(40)47-29-19-44-31-24(29)11-14-43-31/h3-5,7-10,16,24-26,29,31,37-38H,6,11-15,17-21H2,1-2H3,(H,34,39)(H,35,40)/t24?,25-,26?,29?,31?/m0/s1. The van der Waals surface area contributed by atoms with Crippen molar-refractivity contribution in [3.8, 4) is 11.5 Å². The topological polar surface area (TPSA) is 182 Å². The lowest BCUT2D eigenvalue weighted by atomic mass is 9.87. The summed E-state index contributed by atoms with van der Waals surface area (Å²) in [5, 5.41) is 26.1. The molecule has 15 heteroatoms. The van der Waals surface area contributed by atoms with Gasteiger partial charge in [-0.3, -0.25) is 4.79 Å². The normalized spacial score (nSPS) is 21.5. The highest BCUT2D eigenvalue weighted by atomic mass is 32.2. The van der Waals surface area contributed by atoms with Crippen molar-refractivity contribution in [2.75, 3.05) is 46.2 Å². The zero-order valence-corrected chi connectivity index (χ0v) is 28.0. The molecule has 2 aromatic carbocycles. The fourth-order valence-corrected chi connectivity index (χ4v) is 7.86. The number of hydrogen-bond donors (Lipinski definition) is 4. The minimum absolute atomic E-state index is 0.0137. The van der Waals surface area contributed by atoms with Crippen LogP contribution in [-0.4, -0.2) is 106 Å². The van der Waals surface area contributed by atoms with Crippen molar-refractivity contribution in [3.63, 3.8) is 0 Å². The highest BCUT2D eigenvalue weighted by Crippen LogP contribution is 2.36. The predicted molar refractivity (Wildman–Crippen MR) is 172 cm³/mol. The molecule has 264 valence electrons. The first-order valence-corrected chi connectivity index (χ1v) is 17.6. The minimum atomic E-state index is -4.20. The third-order valence-corrected chi connectivity index (χ3v) is 10.6. The number of ether oxygens (including phenoxy) is 5. The summed E-state index contributed by atoms with van der Waals surface area (Å²) in [6, 6.07) is 12.7. The van der Waals surface area contributed by atoms with Gasteiger partial charge in [0.1, 0.15) is 12.7 Å². The largest absolute Gasteiger partial charge is 0.454 e. The van der Waals surface area contributed by atoms with E-state index in [0.29, 0.717) is 43.9 Å². The fourth-order valence-electron chi connectivity index (χ4n) is 6.20. The van der Waals surface area contributed by atoms with Crippen molar-refractivity contribution in [1.82, 2.24) is 14.9 Å². The summed E-state index contributed by atoms with van der Waals surface area (Å²) in [6.07, 6.45) is -1.03. The van der Waals surface area contributed by atoms with Gasteiger partial charge < -0.3 is 44.5 Å². The third-order valence-electron chi connectivity index (χ3n) is 8.78. The number of carbonyl (C=O) groups is 2. The van der Waals surface area contributed by atoms with Crippen molar-refractivity contribution >= 4 is 22.0 Å². The highest BCUT2D eigenvalue weighted by molar-refractivity contribution is 7.89. The number of hydrogen-bond acceptors (Lipinski definition) is 11. The van der Waals surface area contributed by atoms with E-state index in [4.69, 9.17) is 28.8 Å². The summed E-state index contributed by atoms with van der Waals surface area (Å²) in [5.41, 5.74) is 0.224. The lowest BCUT2D eigenvalue weighted by Crippen LogP contribution is -2.52. The molecule has 2 fully saturated rings. The molecule has 2 amide bonds. The second kappa shape index (κ2) is 15.8. The molecule has 2 saturated heterocycles. The van der Waals surface area contributed by atoms with Crippen LogP contribution in [-0.2, 0) is 35.4 Å².